The summed E-state index contributed by atoms with van der Waals surface area (Å²) < 4.78 is 24.9. The Hall–Kier alpha value is -1.57. The molecule has 3 N–H and O–H groups in total. The first-order valence-corrected chi connectivity index (χ1v) is 8.13. The van der Waals surface area contributed by atoms with Gasteiger partial charge in [-0.2, -0.15) is 10.2 Å². The molecule has 1 aliphatic heterocycles. The van der Waals surface area contributed by atoms with E-state index >= 15 is 0 Å². The summed E-state index contributed by atoms with van der Waals surface area (Å²) in [6.45, 7) is 4.06. The monoisotopic (exact) mass is 283 g/mol. The highest BCUT2D eigenvalue weighted by atomic mass is 32.2. The third kappa shape index (κ3) is 1.90. The van der Waals surface area contributed by atoms with Crippen molar-refractivity contribution in [2.45, 2.75) is 32.2 Å². The van der Waals surface area contributed by atoms with Crippen LogP contribution in [0.4, 0.5) is 5.82 Å². The van der Waals surface area contributed by atoms with Gasteiger partial charge in [0.2, 0.25) is 0 Å². The first-order chi connectivity index (χ1) is 8.89. The van der Waals surface area contributed by atoms with Gasteiger partial charge in [0.15, 0.2) is 15.5 Å². The van der Waals surface area contributed by atoms with Crippen LogP contribution in [0.2, 0.25) is 0 Å². The fourth-order valence-electron chi connectivity index (χ4n) is 2.60. The molecule has 2 aromatic heterocycles. The molecule has 0 radical (unpaired) electrons. The van der Waals surface area contributed by atoms with E-state index in [2.05, 4.69) is 15.3 Å². The molecule has 19 heavy (non-hydrogen) atoms. The number of anilines is 1. The average Bonchev–Trinajstić information content (AvgIpc) is 2.94. The number of nitrogens with zero attached hydrogens (tertiary/aromatic N) is 3. The normalized spacial score (nSPS) is 22.6. The van der Waals surface area contributed by atoms with Gasteiger partial charge in [0.05, 0.1) is 28.6 Å². The summed E-state index contributed by atoms with van der Waals surface area (Å²) >= 11 is 0. The molecule has 0 aliphatic carbocycles. The molecule has 1 unspecified atom stereocenters. The van der Waals surface area contributed by atoms with Gasteiger partial charge in [0, 0.05) is 0 Å². The Balaban J connectivity index is 2.15. The summed E-state index contributed by atoms with van der Waals surface area (Å²) in [5.74, 6) is 1.05. The van der Waals surface area contributed by atoms with Gasteiger partial charge in [-0.15, -0.1) is 0 Å². The maximum Gasteiger partial charge on any atom is 0.182 e. The van der Waals surface area contributed by atoms with Crippen LogP contribution in [0.25, 0.3) is 11.0 Å². The van der Waals surface area contributed by atoms with Gasteiger partial charge < -0.3 is 5.73 Å². The number of aromatic amines is 1. The van der Waals surface area contributed by atoms with Crippen molar-refractivity contribution >= 4 is 26.7 Å². The van der Waals surface area contributed by atoms with Crippen LogP contribution in [0.15, 0.2) is 0 Å². The molecule has 1 aliphatic rings. The lowest BCUT2D eigenvalue weighted by Crippen LogP contribution is -2.13. The lowest BCUT2D eigenvalue weighted by molar-refractivity contribution is 0.502. The van der Waals surface area contributed by atoms with Crippen molar-refractivity contribution in [3.8, 4) is 0 Å². The van der Waals surface area contributed by atoms with Gasteiger partial charge in [-0.25, -0.2) is 13.1 Å². The van der Waals surface area contributed by atoms with E-state index in [0.717, 1.165) is 11.1 Å². The summed E-state index contributed by atoms with van der Waals surface area (Å²) in [5.41, 5.74) is 7.41. The number of hydrogen-bond donors (Lipinski definition) is 2. The van der Waals surface area contributed by atoms with E-state index in [4.69, 9.17) is 5.73 Å². The molecule has 2 aromatic rings. The quantitative estimate of drug-likeness (QED) is 0.848. The number of aromatic nitrogens is 4. The molecule has 7 nitrogen and oxygen atoms in total. The SMILES string of the molecule is CC(C)c1nn(C2CCS(=O)(=O)C2)c2n[nH]c(N)c12. The molecule has 1 fully saturated rings. The highest BCUT2D eigenvalue weighted by Crippen LogP contribution is 2.32. The van der Waals surface area contributed by atoms with Crippen molar-refractivity contribution in [3.63, 3.8) is 0 Å². The van der Waals surface area contributed by atoms with Crippen LogP contribution in [0.5, 0.6) is 0 Å². The Morgan fingerprint density at radius 3 is 2.79 bits per heavy atom. The first-order valence-electron chi connectivity index (χ1n) is 6.31. The molecule has 1 atom stereocenters. The minimum absolute atomic E-state index is 0.133. The van der Waals surface area contributed by atoms with Crippen LogP contribution in [0, 0.1) is 0 Å². The Bertz CT molecular complexity index is 728. The average molecular weight is 283 g/mol. The maximum atomic E-state index is 11.6. The number of hydrogen-bond acceptors (Lipinski definition) is 5. The van der Waals surface area contributed by atoms with Crippen molar-refractivity contribution in [3.05, 3.63) is 5.69 Å². The molecule has 0 spiro atoms. The third-order valence-electron chi connectivity index (χ3n) is 3.56. The van der Waals surface area contributed by atoms with Crippen LogP contribution in [0.3, 0.4) is 0 Å². The molecule has 0 aromatic carbocycles. The minimum atomic E-state index is -2.95. The molecule has 8 heteroatoms. The molecule has 1 saturated heterocycles. The number of sulfone groups is 1. The van der Waals surface area contributed by atoms with Crippen LogP contribution in [-0.2, 0) is 9.84 Å². The Kier molecular flexibility index (Phi) is 2.60. The fourth-order valence-corrected chi connectivity index (χ4v) is 4.30. The zero-order valence-corrected chi connectivity index (χ0v) is 11.7. The van der Waals surface area contributed by atoms with E-state index in [1.54, 1.807) is 4.68 Å². The second-order valence-corrected chi connectivity index (χ2v) is 7.61. The highest BCUT2D eigenvalue weighted by Gasteiger charge is 2.32. The number of H-pyrrole nitrogens is 1. The van der Waals surface area contributed by atoms with E-state index in [0.29, 0.717) is 17.9 Å². The fraction of sp³-hybridized carbons (Fsp3) is 0.636. The van der Waals surface area contributed by atoms with Crippen molar-refractivity contribution in [1.82, 2.24) is 20.0 Å². The number of nitrogen functional groups attached to an aromatic ring is 1. The van der Waals surface area contributed by atoms with Gasteiger partial charge >= 0.3 is 0 Å². The van der Waals surface area contributed by atoms with Crippen molar-refractivity contribution < 1.29 is 8.42 Å². The van der Waals surface area contributed by atoms with Crippen LogP contribution < -0.4 is 5.73 Å². The summed E-state index contributed by atoms with van der Waals surface area (Å²) in [6, 6.07) is -0.136. The standard InChI is InChI=1S/C11H17N5O2S/c1-6(2)9-8-10(12)13-14-11(8)16(15-9)7-3-4-19(17,18)5-7/h6-7H,3-5H2,1-2H3,(H3,12,13,14). The van der Waals surface area contributed by atoms with Gasteiger partial charge in [-0.1, -0.05) is 13.8 Å². The molecular weight excluding hydrogens is 266 g/mol. The Morgan fingerprint density at radius 1 is 1.47 bits per heavy atom. The maximum absolute atomic E-state index is 11.6. The second-order valence-electron chi connectivity index (χ2n) is 5.38. The number of rotatable bonds is 2. The zero-order valence-electron chi connectivity index (χ0n) is 10.9. The van der Waals surface area contributed by atoms with E-state index in [1.807, 2.05) is 13.8 Å². The molecule has 3 heterocycles. The summed E-state index contributed by atoms with van der Waals surface area (Å²) in [7, 11) is -2.95. The van der Waals surface area contributed by atoms with Crippen LogP contribution in [-0.4, -0.2) is 39.9 Å². The topological polar surface area (TPSA) is 107 Å². The molecule has 3 rings (SSSR count). The van der Waals surface area contributed by atoms with E-state index < -0.39 is 9.84 Å². The Morgan fingerprint density at radius 2 is 2.21 bits per heavy atom. The molecule has 104 valence electrons. The first kappa shape index (κ1) is 12.5. The number of fused-ring (bicyclic) bond motifs is 1. The van der Waals surface area contributed by atoms with Gasteiger partial charge in [0.1, 0.15) is 5.82 Å². The molecule has 0 bridgehead atoms. The largest absolute Gasteiger partial charge is 0.383 e. The van der Waals surface area contributed by atoms with Gasteiger partial charge in [-0.05, 0) is 12.3 Å². The molecular formula is C11H17N5O2S. The lowest BCUT2D eigenvalue weighted by atomic mass is 10.1. The summed E-state index contributed by atoms with van der Waals surface area (Å²) in [5, 5.41) is 12.3. The van der Waals surface area contributed by atoms with Crippen molar-refractivity contribution in [2.75, 3.05) is 17.2 Å². The summed E-state index contributed by atoms with van der Waals surface area (Å²) in [4.78, 5) is 0. The van der Waals surface area contributed by atoms with Gasteiger partial charge in [0.25, 0.3) is 0 Å². The molecule has 0 amide bonds. The Labute approximate surface area is 111 Å². The van der Waals surface area contributed by atoms with Crippen molar-refractivity contribution in [2.24, 2.45) is 0 Å². The zero-order chi connectivity index (χ0) is 13.8. The lowest BCUT2D eigenvalue weighted by Gasteiger charge is -2.08. The smallest absolute Gasteiger partial charge is 0.182 e. The van der Waals surface area contributed by atoms with E-state index in [9.17, 15) is 8.42 Å². The van der Waals surface area contributed by atoms with E-state index in [1.165, 1.54) is 0 Å². The third-order valence-corrected chi connectivity index (χ3v) is 5.32. The number of nitrogens with two attached hydrogens (primary N) is 1. The second kappa shape index (κ2) is 3.96. The van der Waals surface area contributed by atoms with Gasteiger partial charge in [-0.3, -0.25) is 5.10 Å². The molecule has 0 saturated carbocycles. The predicted octanol–water partition coefficient (Wildman–Crippen LogP) is 0.825. The van der Waals surface area contributed by atoms with Crippen molar-refractivity contribution in [1.29, 1.82) is 0 Å². The van der Waals surface area contributed by atoms with Crippen LogP contribution in [0.1, 0.15) is 37.9 Å². The minimum Gasteiger partial charge on any atom is -0.383 e. The van der Waals surface area contributed by atoms with E-state index in [-0.39, 0.29) is 23.5 Å². The highest BCUT2D eigenvalue weighted by molar-refractivity contribution is 7.91. The van der Waals surface area contributed by atoms with Crippen LogP contribution >= 0.6 is 0 Å². The number of nitrogens with one attached hydrogen (secondary N) is 1. The predicted molar refractivity (Wildman–Crippen MR) is 72.7 cm³/mol. The summed E-state index contributed by atoms with van der Waals surface area (Å²) in [6.07, 6.45) is 0.587.